The number of carbonyl (C=O) groups is 1. The number of pyridine rings is 1. The van der Waals surface area contributed by atoms with Crippen LogP contribution in [0, 0.1) is 5.82 Å². The fraction of sp³-hybridized carbons (Fsp3) is 0. The van der Waals surface area contributed by atoms with Crippen molar-refractivity contribution in [3.05, 3.63) is 52.0 Å². The van der Waals surface area contributed by atoms with Crippen LogP contribution in [0.25, 0.3) is 0 Å². The smallest absolute Gasteiger partial charge is 0.259 e. The van der Waals surface area contributed by atoms with E-state index in [0.29, 0.717) is 0 Å². The first-order valence-corrected chi connectivity index (χ1v) is 5.83. The van der Waals surface area contributed by atoms with Crippen LogP contribution in [0.3, 0.4) is 0 Å². The largest absolute Gasteiger partial charge is 0.505 e. The van der Waals surface area contributed by atoms with Crippen molar-refractivity contribution in [2.24, 2.45) is 0 Å². The molecule has 0 aliphatic heterocycles. The monoisotopic (exact) mass is 300 g/mol. The van der Waals surface area contributed by atoms with Gasteiger partial charge in [0.2, 0.25) is 0 Å². The van der Waals surface area contributed by atoms with Gasteiger partial charge in [-0.05, 0) is 18.2 Å². The third-order valence-corrected chi connectivity index (χ3v) is 2.89. The Balaban J connectivity index is 2.32. The molecular formula is C12H7Cl2FN2O2. The molecule has 4 nitrogen and oxygen atoms in total. The molecule has 7 heteroatoms. The van der Waals surface area contributed by atoms with Crippen LogP contribution in [0.15, 0.2) is 30.6 Å². The third kappa shape index (κ3) is 2.94. The maximum absolute atomic E-state index is 13.0. The number of carbonyl (C=O) groups excluding carboxylic acids is 1. The number of hydrogen-bond acceptors (Lipinski definition) is 3. The number of aromatic hydroxyl groups is 1. The quantitative estimate of drug-likeness (QED) is 0.892. The molecule has 0 bridgehead atoms. The average Bonchev–Trinajstić information content (AvgIpc) is 2.34. The zero-order valence-corrected chi connectivity index (χ0v) is 10.8. The molecule has 2 N–H and O–H groups in total. The molecule has 2 aromatic rings. The van der Waals surface area contributed by atoms with E-state index < -0.39 is 11.7 Å². The van der Waals surface area contributed by atoms with Crippen molar-refractivity contribution in [2.75, 3.05) is 5.32 Å². The summed E-state index contributed by atoms with van der Waals surface area (Å²) >= 11 is 11.6. The minimum Gasteiger partial charge on any atom is -0.505 e. The van der Waals surface area contributed by atoms with Gasteiger partial charge in [0.1, 0.15) is 11.6 Å². The van der Waals surface area contributed by atoms with E-state index in [0.717, 1.165) is 18.3 Å². The summed E-state index contributed by atoms with van der Waals surface area (Å²) in [6, 6.07) is 3.38. The van der Waals surface area contributed by atoms with E-state index in [4.69, 9.17) is 23.2 Å². The van der Waals surface area contributed by atoms with Crippen molar-refractivity contribution >= 4 is 34.8 Å². The van der Waals surface area contributed by atoms with Crippen LogP contribution in [-0.2, 0) is 0 Å². The molecule has 1 heterocycles. The fourth-order valence-electron chi connectivity index (χ4n) is 1.42. The SMILES string of the molecule is O=C(Nc1c(Cl)cc(F)cc1Cl)c1ccncc1O. The first kappa shape index (κ1) is 13.6. The first-order chi connectivity index (χ1) is 8.99. The molecule has 0 aliphatic rings. The number of halogens is 3. The van der Waals surface area contributed by atoms with Gasteiger partial charge in [0.15, 0.2) is 0 Å². The van der Waals surface area contributed by atoms with Crippen LogP contribution in [0.4, 0.5) is 10.1 Å². The molecule has 1 aromatic carbocycles. The van der Waals surface area contributed by atoms with Gasteiger partial charge in [0.05, 0.1) is 27.5 Å². The van der Waals surface area contributed by atoms with Crippen molar-refractivity contribution in [3.8, 4) is 5.75 Å². The Morgan fingerprint density at radius 3 is 2.53 bits per heavy atom. The van der Waals surface area contributed by atoms with E-state index >= 15 is 0 Å². The Morgan fingerprint density at radius 1 is 1.32 bits per heavy atom. The highest BCUT2D eigenvalue weighted by Gasteiger charge is 2.15. The van der Waals surface area contributed by atoms with Crippen molar-refractivity contribution in [3.63, 3.8) is 0 Å². The lowest BCUT2D eigenvalue weighted by Crippen LogP contribution is -2.13. The zero-order chi connectivity index (χ0) is 14.0. The second-order valence-electron chi connectivity index (χ2n) is 3.59. The highest BCUT2D eigenvalue weighted by Crippen LogP contribution is 2.32. The van der Waals surface area contributed by atoms with E-state index in [9.17, 15) is 14.3 Å². The molecule has 0 atom stereocenters. The van der Waals surface area contributed by atoms with Gasteiger partial charge < -0.3 is 10.4 Å². The lowest BCUT2D eigenvalue weighted by atomic mass is 10.2. The lowest BCUT2D eigenvalue weighted by Gasteiger charge is -2.10. The Kier molecular flexibility index (Phi) is 3.87. The predicted molar refractivity (Wildman–Crippen MR) is 70.3 cm³/mol. The number of benzene rings is 1. The van der Waals surface area contributed by atoms with Gasteiger partial charge in [-0.1, -0.05) is 23.2 Å². The molecule has 1 aromatic heterocycles. The number of aromatic nitrogens is 1. The zero-order valence-electron chi connectivity index (χ0n) is 9.32. The average molecular weight is 301 g/mol. The Hall–Kier alpha value is -1.85. The summed E-state index contributed by atoms with van der Waals surface area (Å²) in [7, 11) is 0. The van der Waals surface area contributed by atoms with Crippen LogP contribution in [-0.4, -0.2) is 16.0 Å². The first-order valence-electron chi connectivity index (χ1n) is 5.08. The molecule has 0 fully saturated rings. The van der Waals surface area contributed by atoms with Crippen molar-refractivity contribution in [2.45, 2.75) is 0 Å². The molecule has 19 heavy (non-hydrogen) atoms. The van der Waals surface area contributed by atoms with Gasteiger partial charge in [-0.25, -0.2) is 4.39 Å². The van der Waals surface area contributed by atoms with E-state index in [2.05, 4.69) is 10.3 Å². The van der Waals surface area contributed by atoms with Crippen LogP contribution in [0.5, 0.6) is 5.75 Å². The van der Waals surface area contributed by atoms with E-state index in [1.807, 2.05) is 0 Å². The molecule has 0 saturated heterocycles. The summed E-state index contributed by atoms with van der Waals surface area (Å²) in [6.45, 7) is 0. The predicted octanol–water partition coefficient (Wildman–Crippen LogP) is 3.49. The van der Waals surface area contributed by atoms with Crippen LogP contribution < -0.4 is 5.32 Å². The van der Waals surface area contributed by atoms with Gasteiger partial charge in [-0.3, -0.25) is 9.78 Å². The highest BCUT2D eigenvalue weighted by atomic mass is 35.5. The number of nitrogens with one attached hydrogen (secondary N) is 1. The van der Waals surface area contributed by atoms with E-state index in [1.165, 1.54) is 12.3 Å². The molecule has 0 spiro atoms. The minimum atomic E-state index is -0.629. The second kappa shape index (κ2) is 5.42. The minimum absolute atomic E-state index is 0.00598. The topological polar surface area (TPSA) is 62.2 Å². The van der Waals surface area contributed by atoms with Gasteiger partial charge in [0, 0.05) is 6.20 Å². The molecule has 0 aliphatic carbocycles. The maximum atomic E-state index is 13.0. The van der Waals surface area contributed by atoms with E-state index in [1.54, 1.807) is 0 Å². The van der Waals surface area contributed by atoms with Crippen LogP contribution >= 0.6 is 23.2 Å². The molecule has 0 saturated carbocycles. The molecule has 2 rings (SSSR count). The molecule has 0 unspecified atom stereocenters. The molecule has 98 valence electrons. The summed E-state index contributed by atoms with van der Waals surface area (Å²) in [4.78, 5) is 15.6. The van der Waals surface area contributed by atoms with Crippen molar-refractivity contribution in [1.29, 1.82) is 0 Å². The van der Waals surface area contributed by atoms with E-state index in [-0.39, 0.29) is 27.0 Å². The second-order valence-corrected chi connectivity index (χ2v) is 4.41. The van der Waals surface area contributed by atoms with Crippen molar-refractivity contribution in [1.82, 2.24) is 4.98 Å². The lowest BCUT2D eigenvalue weighted by molar-refractivity contribution is 0.102. The number of anilines is 1. The maximum Gasteiger partial charge on any atom is 0.259 e. The summed E-state index contributed by atoms with van der Waals surface area (Å²) in [5.41, 5.74) is 0.0809. The Bertz CT molecular complexity index is 626. The Labute approximate surface area is 117 Å². The van der Waals surface area contributed by atoms with Gasteiger partial charge in [-0.2, -0.15) is 0 Å². The standard InChI is InChI=1S/C12H7Cl2FN2O2/c13-8-3-6(15)4-9(14)11(8)17-12(19)7-1-2-16-5-10(7)18/h1-5,18H,(H,17,19). The molecular weight excluding hydrogens is 294 g/mol. The Morgan fingerprint density at radius 2 is 1.95 bits per heavy atom. The van der Waals surface area contributed by atoms with Crippen LogP contribution in [0.2, 0.25) is 10.0 Å². The summed E-state index contributed by atoms with van der Waals surface area (Å²) in [5, 5.41) is 11.8. The number of amides is 1. The van der Waals surface area contributed by atoms with Gasteiger partial charge >= 0.3 is 0 Å². The molecule has 0 radical (unpaired) electrons. The number of hydrogen-bond donors (Lipinski definition) is 2. The molecule has 1 amide bonds. The van der Waals surface area contributed by atoms with Crippen molar-refractivity contribution < 1.29 is 14.3 Å². The highest BCUT2D eigenvalue weighted by molar-refractivity contribution is 6.40. The summed E-state index contributed by atoms with van der Waals surface area (Å²) in [5.74, 6) is -1.52. The summed E-state index contributed by atoms with van der Waals surface area (Å²) < 4.78 is 13.0. The summed E-state index contributed by atoms with van der Waals surface area (Å²) in [6.07, 6.45) is 2.48. The number of nitrogens with zero attached hydrogens (tertiary/aromatic N) is 1. The fourth-order valence-corrected chi connectivity index (χ4v) is 1.98. The van der Waals surface area contributed by atoms with Gasteiger partial charge in [0.25, 0.3) is 5.91 Å². The number of rotatable bonds is 2. The third-order valence-electron chi connectivity index (χ3n) is 2.29. The van der Waals surface area contributed by atoms with Gasteiger partial charge in [-0.15, -0.1) is 0 Å². The van der Waals surface area contributed by atoms with Crippen LogP contribution in [0.1, 0.15) is 10.4 Å². The normalized spacial score (nSPS) is 10.3.